The molecule has 0 bridgehead atoms. The Morgan fingerprint density at radius 2 is 1.60 bits per heavy atom. The molecule has 6 heteroatoms. The Labute approximate surface area is 114 Å². The van der Waals surface area contributed by atoms with Crippen molar-refractivity contribution in [2.24, 2.45) is 10.2 Å². The molecule has 0 aliphatic rings. The molecule has 0 atom stereocenters. The second kappa shape index (κ2) is 5.75. The van der Waals surface area contributed by atoms with E-state index in [4.69, 9.17) is 5.11 Å². The summed E-state index contributed by atoms with van der Waals surface area (Å²) < 4.78 is 0. The van der Waals surface area contributed by atoms with Crippen LogP contribution in [0.25, 0.3) is 0 Å². The van der Waals surface area contributed by atoms with E-state index in [1.165, 1.54) is 42.5 Å². The predicted molar refractivity (Wildman–Crippen MR) is 71.1 cm³/mol. The van der Waals surface area contributed by atoms with Gasteiger partial charge in [0, 0.05) is 0 Å². The Balaban J connectivity index is 2.20. The van der Waals surface area contributed by atoms with Crippen LogP contribution in [-0.2, 0) is 0 Å². The van der Waals surface area contributed by atoms with Gasteiger partial charge < -0.3 is 10.2 Å². The highest BCUT2D eigenvalue weighted by atomic mass is 16.4. The van der Waals surface area contributed by atoms with Crippen molar-refractivity contribution in [3.8, 4) is 5.75 Å². The van der Waals surface area contributed by atoms with Crippen molar-refractivity contribution < 1.29 is 19.8 Å². The number of nitrogens with zero attached hydrogens (tertiary/aromatic N) is 2. The average Bonchev–Trinajstić information content (AvgIpc) is 2.46. The largest absolute Gasteiger partial charge is 0.507 e. The molecule has 0 unspecified atom stereocenters. The molecular weight excluding hydrogens is 260 g/mol. The second-order valence-corrected chi connectivity index (χ2v) is 3.91. The molecule has 0 amide bonds. The van der Waals surface area contributed by atoms with Crippen LogP contribution in [0.5, 0.6) is 5.75 Å². The number of benzene rings is 2. The van der Waals surface area contributed by atoms with Gasteiger partial charge in [-0.2, -0.15) is 10.2 Å². The number of carbonyl (C=O) groups excluding carboxylic acids is 1. The number of phenols is 1. The lowest BCUT2D eigenvalue weighted by molar-refractivity contribution is 0.0696. The standard InChI is InChI=1S/C14H10N2O4/c17-8-10-7-12(5-6-13(10)18)16-15-11-3-1-9(2-4-11)14(19)20/h1-8,18H,(H,19,20)/b16-15-. The van der Waals surface area contributed by atoms with Gasteiger partial charge in [-0.15, -0.1) is 0 Å². The van der Waals surface area contributed by atoms with Gasteiger partial charge in [-0.25, -0.2) is 4.79 Å². The fraction of sp³-hybridized carbons (Fsp3) is 0. The first-order valence-electron chi connectivity index (χ1n) is 5.63. The van der Waals surface area contributed by atoms with Crippen LogP contribution in [-0.4, -0.2) is 22.5 Å². The minimum atomic E-state index is -1.01. The molecule has 100 valence electrons. The molecule has 6 nitrogen and oxygen atoms in total. The summed E-state index contributed by atoms with van der Waals surface area (Å²) in [4.78, 5) is 21.4. The number of carbonyl (C=O) groups is 2. The lowest BCUT2D eigenvalue weighted by atomic mass is 10.2. The van der Waals surface area contributed by atoms with E-state index >= 15 is 0 Å². The molecule has 0 aliphatic heterocycles. The molecule has 2 N–H and O–H groups in total. The van der Waals surface area contributed by atoms with Crippen LogP contribution < -0.4 is 0 Å². The maximum atomic E-state index is 10.7. The summed E-state index contributed by atoms with van der Waals surface area (Å²) in [6.07, 6.45) is 0.524. The van der Waals surface area contributed by atoms with Crippen LogP contribution in [0, 0.1) is 0 Å². The molecule has 0 radical (unpaired) electrons. The highest BCUT2D eigenvalue weighted by molar-refractivity contribution is 5.87. The molecule has 0 fully saturated rings. The lowest BCUT2D eigenvalue weighted by Gasteiger charge is -1.98. The summed E-state index contributed by atoms with van der Waals surface area (Å²) >= 11 is 0. The highest BCUT2D eigenvalue weighted by Crippen LogP contribution is 2.24. The molecule has 0 saturated heterocycles. The molecular formula is C14H10N2O4. The van der Waals surface area contributed by atoms with Gasteiger partial charge in [0.15, 0.2) is 6.29 Å². The first-order chi connectivity index (χ1) is 9.60. The molecule has 20 heavy (non-hydrogen) atoms. The number of carboxylic acids is 1. The van der Waals surface area contributed by atoms with Crippen molar-refractivity contribution in [2.45, 2.75) is 0 Å². The van der Waals surface area contributed by atoms with Gasteiger partial charge >= 0.3 is 5.97 Å². The van der Waals surface area contributed by atoms with E-state index in [1.54, 1.807) is 0 Å². The monoisotopic (exact) mass is 270 g/mol. The van der Waals surface area contributed by atoms with E-state index in [-0.39, 0.29) is 16.9 Å². The lowest BCUT2D eigenvalue weighted by Crippen LogP contribution is -1.93. The highest BCUT2D eigenvalue weighted by Gasteiger charge is 2.02. The quantitative estimate of drug-likeness (QED) is 0.657. The summed E-state index contributed by atoms with van der Waals surface area (Å²) in [7, 11) is 0. The van der Waals surface area contributed by atoms with Crippen molar-refractivity contribution >= 4 is 23.6 Å². The number of aromatic carboxylic acids is 1. The van der Waals surface area contributed by atoms with Crippen molar-refractivity contribution in [3.05, 3.63) is 53.6 Å². The first kappa shape index (κ1) is 13.4. The van der Waals surface area contributed by atoms with Gasteiger partial charge in [0.2, 0.25) is 0 Å². The van der Waals surface area contributed by atoms with Crippen LogP contribution in [0.15, 0.2) is 52.7 Å². The summed E-state index contributed by atoms with van der Waals surface area (Å²) in [5.41, 5.74) is 1.18. The Hall–Kier alpha value is -3.02. The van der Waals surface area contributed by atoms with E-state index in [2.05, 4.69) is 10.2 Å². The van der Waals surface area contributed by atoms with Crippen LogP contribution in [0.1, 0.15) is 20.7 Å². The molecule has 0 aromatic heterocycles. The van der Waals surface area contributed by atoms with Crippen molar-refractivity contribution in [1.29, 1.82) is 0 Å². The number of carboxylic acid groups (broad SMARTS) is 1. The normalized spacial score (nSPS) is 10.6. The van der Waals surface area contributed by atoms with E-state index in [1.807, 2.05) is 0 Å². The minimum absolute atomic E-state index is 0.121. The zero-order chi connectivity index (χ0) is 14.5. The number of rotatable bonds is 4. The van der Waals surface area contributed by atoms with Gasteiger partial charge in [0.25, 0.3) is 0 Å². The maximum Gasteiger partial charge on any atom is 0.335 e. The van der Waals surface area contributed by atoms with Gasteiger partial charge in [0.1, 0.15) is 5.75 Å². The molecule has 0 saturated carbocycles. The zero-order valence-electron chi connectivity index (χ0n) is 10.2. The van der Waals surface area contributed by atoms with E-state index in [0.29, 0.717) is 17.7 Å². The summed E-state index contributed by atoms with van der Waals surface area (Å²) in [5.74, 6) is -1.13. The molecule has 0 heterocycles. The molecule has 0 aliphatic carbocycles. The zero-order valence-corrected chi connectivity index (χ0v) is 10.2. The van der Waals surface area contributed by atoms with Gasteiger partial charge in [0.05, 0.1) is 22.5 Å². The van der Waals surface area contributed by atoms with Crippen molar-refractivity contribution in [2.75, 3.05) is 0 Å². The first-order valence-corrected chi connectivity index (χ1v) is 5.63. The summed E-state index contributed by atoms with van der Waals surface area (Å²) in [6, 6.07) is 10.2. The molecule has 2 rings (SSSR count). The van der Waals surface area contributed by atoms with E-state index in [0.717, 1.165) is 0 Å². The SMILES string of the molecule is O=Cc1cc(/N=N\c2ccc(C(=O)O)cc2)ccc1O. The average molecular weight is 270 g/mol. The Morgan fingerprint density at radius 3 is 2.20 bits per heavy atom. The van der Waals surface area contributed by atoms with Crippen LogP contribution in [0.3, 0.4) is 0 Å². The number of aldehydes is 1. The van der Waals surface area contributed by atoms with Gasteiger partial charge in [-0.1, -0.05) is 0 Å². The number of azo groups is 1. The third-order valence-electron chi connectivity index (χ3n) is 2.53. The van der Waals surface area contributed by atoms with E-state index in [9.17, 15) is 14.7 Å². The van der Waals surface area contributed by atoms with E-state index < -0.39 is 5.97 Å². The summed E-state index contributed by atoms with van der Waals surface area (Å²) in [6.45, 7) is 0. The number of hydrogen-bond donors (Lipinski definition) is 2. The van der Waals surface area contributed by atoms with Crippen LogP contribution >= 0.6 is 0 Å². The van der Waals surface area contributed by atoms with Crippen molar-refractivity contribution in [1.82, 2.24) is 0 Å². The smallest absolute Gasteiger partial charge is 0.335 e. The van der Waals surface area contributed by atoms with Crippen molar-refractivity contribution in [3.63, 3.8) is 0 Å². The maximum absolute atomic E-state index is 10.7. The third-order valence-corrected chi connectivity index (χ3v) is 2.53. The molecule has 2 aromatic rings. The minimum Gasteiger partial charge on any atom is -0.507 e. The number of hydrogen-bond acceptors (Lipinski definition) is 5. The Morgan fingerprint density at radius 1 is 1.00 bits per heavy atom. The Bertz CT molecular complexity index is 678. The van der Waals surface area contributed by atoms with Gasteiger partial charge in [-0.3, -0.25) is 4.79 Å². The van der Waals surface area contributed by atoms with Crippen LogP contribution in [0.2, 0.25) is 0 Å². The summed E-state index contributed by atoms with van der Waals surface area (Å²) in [5, 5.41) is 25.9. The van der Waals surface area contributed by atoms with Crippen LogP contribution in [0.4, 0.5) is 11.4 Å². The number of aromatic hydroxyl groups is 1. The Kier molecular flexibility index (Phi) is 3.85. The fourth-order valence-corrected chi connectivity index (χ4v) is 1.48. The third kappa shape index (κ3) is 3.05. The number of phenolic OH excluding ortho intramolecular Hbond substituents is 1. The molecule has 0 spiro atoms. The molecule has 2 aromatic carbocycles. The fourth-order valence-electron chi connectivity index (χ4n) is 1.48. The second-order valence-electron chi connectivity index (χ2n) is 3.91. The predicted octanol–water partition coefficient (Wildman–Crippen LogP) is 3.32. The topological polar surface area (TPSA) is 99.3 Å². The van der Waals surface area contributed by atoms with Gasteiger partial charge in [-0.05, 0) is 42.5 Å².